The molecule has 2 amide bonds. The van der Waals surface area contributed by atoms with Crippen LogP contribution in [0.3, 0.4) is 0 Å². The van der Waals surface area contributed by atoms with Crippen molar-refractivity contribution < 1.29 is 18.7 Å². The Morgan fingerprint density at radius 3 is 2.25 bits per heavy atom. The maximum absolute atomic E-state index is 14.5. The van der Waals surface area contributed by atoms with E-state index in [0.717, 1.165) is 5.56 Å². The number of hydrogen-bond acceptors (Lipinski definition) is 3. The molecule has 5 rings (SSSR count). The Balaban J connectivity index is 1.55. The zero-order valence-corrected chi connectivity index (χ0v) is 14.9. The Hall–Kier alpha value is -3.47. The van der Waals surface area contributed by atoms with Crippen LogP contribution in [0.4, 0.5) is 4.39 Å². The van der Waals surface area contributed by atoms with Gasteiger partial charge in [-0.25, -0.2) is 4.39 Å². The van der Waals surface area contributed by atoms with Crippen LogP contribution in [0, 0.1) is 5.82 Å². The first-order chi connectivity index (χ1) is 13.6. The third kappa shape index (κ3) is 2.51. The van der Waals surface area contributed by atoms with Gasteiger partial charge in [0.25, 0.3) is 11.8 Å². The maximum Gasteiger partial charge on any atom is 0.261 e. The average molecular weight is 373 g/mol. The normalized spacial score (nSPS) is 17.5. The highest BCUT2D eigenvalue weighted by molar-refractivity contribution is 6.21. The summed E-state index contributed by atoms with van der Waals surface area (Å²) in [5.41, 5.74) is 2.14. The SMILES string of the molecule is O=C1c2ccccc2C(=O)N1CC1Cc2c(F)cccc2Oc2ccccc21. The fraction of sp³-hybridized carbons (Fsp3) is 0.130. The summed E-state index contributed by atoms with van der Waals surface area (Å²) in [6.45, 7) is 0.167. The predicted octanol–water partition coefficient (Wildman–Crippen LogP) is 4.55. The Kier molecular flexibility index (Phi) is 3.76. The number of carbonyl (C=O) groups excluding carboxylic acids is 2. The van der Waals surface area contributed by atoms with E-state index in [2.05, 4.69) is 0 Å². The van der Waals surface area contributed by atoms with Crippen molar-refractivity contribution in [3.8, 4) is 11.5 Å². The lowest BCUT2D eigenvalue weighted by molar-refractivity contribution is 0.0644. The third-order valence-corrected chi connectivity index (χ3v) is 5.39. The molecule has 138 valence electrons. The lowest BCUT2D eigenvalue weighted by Crippen LogP contribution is -2.34. The van der Waals surface area contributed by atoms with Crippen molar-refractivity contribution in [3.05, 3.63) is 94.8 Å². The van der Waals surface area contributed by atoms with E-state index in [1.54, 1.807) is 36.4 Å². The topological polar surface area (TPSA) is 46.6 Å². The van der Waals surface area contributed by atoms with Gasteiger partial charge < -0.3 is 4.74 Å². The van der Waals surface area contributed by atoms with Crippen LogP contribution in [0.25, 0.3) is 0 Å². The molecule has 0 radical (unpaired) electrons. The molecule has 0 saturated heterocycles. The highest BCUT2D eigenvalue weighted by Gasteiger charge is 2.38. The first kappa shape index (κ1) is 16.7. The molecule has 0 aliphatic carbocycles. The summed E-state index contributed by atoms with van der Waals surface area (Å²) in [6.07, 6.45) is 0.340. The lowest BCUT2D eigenvalue weighted by atomic mass is 9.91. The number of amides is 2. The lowest BCUT2D eigenvalue weighted by Gasteiger charge is -2.22. The van der Waals surface area contributed by atoms with Crippen LogP contribution in [-0.4, -0.2) is 23.3 Å². The van der Waals surface area contributed by atoms with Crippen molar-refractivity contribution in [1.82, 2.24) is 4.90 Å². The Morgan fingerprint density at radius 1 is 0.857 bits per heavy atom. The summed E-state index contributed by atoms with van der Waals surface area (Å²) in [6, 6.07) is 19.0. The standard InChI is InChI=1S/C23H16FNO3/c24-19-9-5-11-21-18(19)12-14(15-6-3-4-10-20(15)28-21)13-25-22(26)16-7-1-2-8-17(16)23(25)27/h1-11,14H,12-13H2. The molecule has 2 aliphatic heterocycles. The van der Waals surface area contributed by atoms with Gasteiger partial charge in [-0.1, -0.05) is 36.4 Å². The minimum Gasteiger partial charge on any atom is -0.457 e. The highest BCUT2D eigenvalue weighted by atomic mass is 19.1. The summed E-state index contributed by atoms with van der Waals surface area (Å²) in [7, 11) is 0. The Bertz CT molecular complexity index is 1090. The van der Waals surface area contributed by atoms with E-state index in [1.165, 1.54) is 11.0 Å². The molecule has 3 aromatic carbocycles. The molecule has 0 spiro atoms. The van der Waals surface area contributed by atoms with Crippen molar-refractivity contribution in [3.63, 3.8) is 0 Å². The van der Waals surface area contributed by atoms with Gasteiger partial charge in [-0.2, -0.15) is 0 Å². The summed E-state index contributed by atoms with van der Waals surface area (Å²) in [4.78, 5) is 26.8. The van der Waals surface area contributed by atoms with E-state index in [1.807, 2.05) is 24.3 Å². The molecule has 3 aromatic rings. The van der Waals surface area contributed by atoms with Crippen LogP contribution in [0.15, 0.2) is 66.7 Å². The second-order valence-electron chi connectivity index (χ2n) is 7.02. The monoisotopic (exact) mass is 373 g/mol. The van der Waals surface area contributed by atoms with Gasteiger partial charge >= 0.3 is 0 Å². The number of fused-ring (bicyclic) bond motifs is 3. The number of hydrogen-bond donors (Lipinski definition) is 0. The van der Waals surface area contributed by atoms with E-state index < -0.39 is 0 Å². The van der Waals surface area contributed by atoms with Gasteiger partial charge in [0, 0.05) is 18.0 Å². The van der Waals surface area contributed by atoms with Gasteiger partial charge in [0.2, 0.25) is 0 Å². The number of rotatable bonds is 2. The number of para-hydroxylation sites is 1. The minimum absolute atomic E-state index is 0.167. The summed E-state index contributed by atoms with van der Waals surface area (Å²) in [5, 5.41) is 0. The van der Waals surface area contributed by atoms with E-state index in [0.29, 0.717) is 34.6 Å². The van der Waals surface area contributed by atoms with Crippen LogP contribution in [-0.2, 0) is 6.42 Å². The molecule has 28 heavy (non-hydrogen) atoms. The Morgan fingerprint density at radius 2 is 1.50 bits per heavy atom. The van der Waals surface area contributed by atoms with Crippen molar-refractivity contribution in [1.29, 1.82) is 0 Å². The summed E-state index contributed by atoms with van der Waals surface area (Å²) in [5.74, 6) is -0.144. The van der Waals surface area contributed by atoms with Gasteiger partial charge in [0.05, 0.1) is 11.1 Å². The molecule has 2 heterocycles. The van der Waals surface area contributed by atoms with E-state index in [9.17, 15) is 14.0 Å². The molecular formula is C23H16FNO3. The molecule has 1 unspecified atom stereocenters. The van der Waals surface area contributed by atoms with Crippen molar-refractivity contribution >= 4 is 11.8 Å². The smallest absolute Gasteiger partial charge is 0.261 e. The number of halogens is 1. The number of imide groups is 1. The van der Waals surface area contributed by atoms with Crippen molar-refractivity contribution in [2.45, 2.75) is 12.3 Å². The largest absolute Gasteiger partial charge is 0.457 e. The Labute approximate surface area is 161 Å². The third-order valence-electron chi connectivity index (χ3n) is 5.39. The summed E-state index contributed by atoms with van der Waals surface area (Å²) >= 11 is 0. The molecule has 0 bridgehead atoms. The van der Waals surface area contributed by atoms with E-state index in [4.69, 9.17) is 4.74 Å². The number of nitrogens with zero attached hydrogens (tertiary/aromatic N) is 1. The fourth-order valence-electron chi connectivity index (χ4n) is 4.01. The number of ether oxygens (including phenoxy) is 1. The van der Waals surface area contributed by atoms with Crippen molar-refractivity contribution in [2.24, 2.45) is 0 Å². The first-order valence-electron chi connectivity index (χ1n) is 9.13. The number of carbonyl (C=O) groups is 2. The minimum atomic E-state index is -0.349. The van der Waals surface area contributed by atoms with Crippen LogP contribution in [0.5, 0.6) is 11.5 Å². The number of benzene rings is 3. The molecule has 1 atom stereocenters. The zero-order valence-electron chi connectivity index (χ0n) is 14.9. The average Bonchev–Trinajstić information content (AvgIpc) is 2.86. The molecule has 0 saturated carbocycles. The molecule has 0 N–H and O–H groups in total. The van der Waals surface area contributed by atoms with Crippen molar-refractivity contribution in [2.75, 3.05) is 6.54 Å². The van der Waals surface area contributed by atoms with Crippen LogP contribution < -0.4 is 4.74 Å². The van der Waals surface area contributed by atoms with Crippen LogP contribution in [0.1, 0.15) is 37.8 Å². The van der Waals surface area contributed by atoms with Gasteiger partial charge in [-0.05, 0) is 42.3 Å². The maximum atomic E-state index is 14.5. The second kappa shape index (κ2) is 6.30. The summed E-state index contributed by atoms with van der Waals surface area (Å²) < 4.78 is 20.5. The second-order valence-corrected chi connectivity index (χ2v) is 7.02. The fourth-order valence-corrected chi connectivity index (χ4v) is 4.01. The quantitative estimate of drug-likeness (QED) is 0.619. The molecule has 2 aliphatic rings. The molecule has 0 aromatic heterocycles. The van der Waals surface area contributed by atoms with E-state index >= 15 is 0 Å². The first-order valence-corrected chi connectivity index (χ1v) is 9.13. The molecular weight excluding hydrogens is 357 g/mol. The van der Waals surface area contributed by atoms with Crippen LogP contribution >= 0.6 is 0 Å². The van der Waals surface area contributed by atoms with Crippen LogP contribution in [0.2, 0.25) is 0 Å². The predicted molar refractivity (Wildman–Crippen MR) is 101 cm³/mol. The molecule has 0 fully saturated rings. The molecule has 4 nitrogen and oxygen atoms in total. The van der Waals surface area contributed by atoms with Gasteiger partial charge in [-0.15, -0.1) is 0 Å². The molecule has 5 heteroatoms. The zero-order chi connectivity index (χ0) is 19.3. The van der Waals surface area contributed by atoms with Gasteiger partial charge in [0.15, 0.2) is 0 Å². The van der Waals surface area contributed by atoms with Gasteiger partial charge in [-0.3, -0.25) is 14.5 Å². The van der Waals surface area contributed by atoms with E-state index in [-0.39, 0.29) is 30.1 Å². The highest BCUT2D eigenvalue weighted by Crippen LogP contribution is 2.41. The van der Waals surface area contributed by atoms with Gasteiger partial charge in [0.1, 0.15) is 17.3 Å².